The maximum absolute atomic E-state index is 13.6. The van der Waals surface area contributed by atoms with Crippen molar-refractivity contribution in [3.05, 3.63) is 87.5 Å². The smallest absolute Gasteiger partial charge is 0.414 e. The second-order valence-corrected chi connectivity index (χ2v) is 15.4. The Morgan fingerprint density at radius 1 is 0.839 bits per heavy atom. The molecule has 21 heteroatoms. The number of aliphatic carboxylic acids is 1. The number of aliphatic hydroxyl groups is 5. The molecule has 2 saturated heterocycles. The lowest BCUT2D eigenvalue weighted by Gasteiger charge is -2.42. The van der Waals surface area contributed by atoms with Gasteiger partial charge < -0.3 is 69.9 Å². The summed E-state index contributed by atoms with van der Waals surface area (Å²) in [5.41, 5.74) is -2.87. The predicted octanol–water partition coefficient (Wildman–Crippen LogP) is 0.429. The molecule has 4 aliphatic rings. The van der Waals surface area contributed by atoms with Gasteiger partial charge in [-0.15, -0.1) is 0 Å². The summed E-state index contributed by atoms with van der Waals surface area (Å²) < 4.78 is 27.2. The number of alkyl carbamates (subject to hydrolysis) is 1. The van der Waals surface area contributed by atoms with Crippen molar-refractivity contribution in [3.63, 3.8) is 0 Å². The van der Waals surface area contributed by atoms with Gasteiger partial charge in [-0.05, 0) is 31.5 Å². The van der Waals surface area contributed by atoms with Crippen LogP contribution in [0.5, 0.6) is 11.5 Å². The Hall–Kier alpha value is -6.04. The van der Waals surface area contributed by atoms with Gasteiger partial charge in [0, 0.05) is 47.2 Å². The Kier molecular flexibility index (Phi) is 12.1. The molecule has 2 amide bonds. The predicted molar refractivity (Wildman–Crippen MR) is 204 cm³/mol. The summed E-state index contributed by atoms with van der Waals surface area (Å²) in [5, 5.41) is 89.4. The monoisotopic (exact) mass is 866 g/mol. The Bertz CT molecular complexity index is 2320. The first kappa shape index (κ1) is 44.0. The maximum Gasteiger partial charge on any atom is 0.414 e. The van der Waals surface area contributed by atoms with Gasteiger partial charge in [-0.2, -0.15) is 0 Å². The zero-order valence-corrected chi connectivity index (χ0v) is 32.8. The van der Waals surface area contributed by atoms with Crippen LogP contribution in [-0.4, -0.2) is 137 Å². The van der Waals surface area contributed by atoms with E-state index in [-0.39, 0.29) is 41.0 Å². The van der Waals surface area contributed by atoms with Crippen LogP contribution in [0.2, 0.25) is 0 Å². The molecule has 21 nitrogen and oxygen atoms in total. The fourth-order valence-corrected chi connectivity index (χ4v) is 7.96. The van der Waals surface area contributed by atoms with Crippen LogP contribution in [0, 0.1) is 0 Å². The van der Waals surface area contributed by atoms with Gasteiger partial charge in [0.05, 0.1) is 29.4 Å². The average Bonchev–Trinajstić information content (AvgIpc) is 3.22. The molecule has 2 heterocycles. The lowest BCUT2D eigenvalue weighted by molar-refractivity contribution is -0.277. The van der Waals surface area contributed by atoms with Gasteiger partial charge in [-0.1, -0.05) is 36.4 Å². The van der Waals surface area contributed by atoms with E-state index >= 15 is 0 Å². The van der Waals surface area contributed by atoms with Crippen LogP contribution in [0.4, 0.5) is 15.3 Å². The fraction of sp³-hybridized carbons (Fsp3) is 0.415. The third kappa shape index (κ3) is 8.19. The summed E-state index contributed by atoms with van der Waals surface area (Å²) in [7, 11) is 0. The maximum atomic E-state index is 13.6. The van der Waals surface area contributed by atoms with Gasteiger partial charge in [-0.3, -0.25) is 19.7 Å². The number of nitrogens with one attached hydrogen (secondary N) is 2. The van der Waals surface area contributed by atoms with Crippen LogP contribution < -0.4 is 10.6 Å². The number of anilines is 1. The lowest BCUT2D eigenvalue weighted by Crippen LogP contribution is -2.60. The highest BCUT2D eigenvalue weighted by atomic mass is 16.7. The number of ketones is 3. The number of fused-ring (bicyclic) bond motifs is 3. The van der Waals surface area contributed by atoms with E-state index in [1.165, 1.54) is 55.5 Å². The summed E-state index contributed by atoms with van der Waals surface area (Å²) in [6, 6.07) is 10.5. The molecule has 62 heavy (non-hydrogen) atoms. The lowest BCUT2D eigenvalue weighted by atomic mass is 9.72. The number of phenols is 2. The number of Topliss-reactive ketones (excluding diaryl/α,β-unsaturated/α-hetero) is 1. The summed E-state index contributed by atoms with van der Waals surface area (Å²) in [6.45, 7) is 2.30. The van der Waals surface area contributed by atoms with E-state index in [0.717, 1.165) is 6.92 Å². The van der Waals surface area contributed by atoms with Crippen molar-refractivity contribution in [1.82, 2.24) is 5.32 Å². The Balaban J connectivity index is 0.996. The molecule has 0 unspecified atom stereocenters. The van der Waals surface area contributed by atoms with Crippen molar-refractivity contribution in [2.75, 3.05) is 5.32 Å². The highest BCUT2D eigenvalue weighted by Gasteiger charge is 2.50. The Morgan fingerprint density at radius 2 is 1.47 bits per heavy atom. The largest absolute Gasteiger partial charge is 0.507 e. The minimum atomic E-state index is -2.15. The van der Waals surface area contributed by atoms with Crippen LogP contribution in [0.3, 0.4) is 0 Å². The zero-order chi connectivity index (χ0) is 44.9. The van der Waals surface area contributed by atoms with Gasteiger partial charge in [0.2, 0.25) is 6.29 Å². The van der Waals surface area contributed by atoms with Crippen molar-refractivity contribution >= 4 is 41.2 Å². The first-order chi connectivity index (χ1) is 29.3. The highest BCUT2D eigenvalue weighted by molar-refractivity contribution is 6.30. The molecule has 2 fully saturated rings. The molecule has 11 atom stereocenters. The third-order valence-electron chi connectivity index (χ3n) is 11.4. The van der Waals surface area contributed by atoms with E-state index in [9.17, 15) is 64.5 Å². The second-order valence-electron chi connectivity index (χ2n) is 15.4. The average molecular weight is 867 g/mol. The number of carbonyl (C=O) groups is 6. The first-order valence-corrected chi connectivity index (χ1v) is 19.2. The number of phenolic OH excluding ortho intramolecular Hbond substituents is 2. The van der Waals surface area contributed by atoms with E-state index < -0.39 is 138 Å². The highest BCUT2D eigenvalue weighted by Crippen LogP contribution is 2.52. The topological polar surface area (TPSA) is 334 Å². The molecule has 7 rings (SSSR count). The van der Waals surface area contributed by atoms with Crippen molar-refractivity contribution < 1.29 is 93.3 Å². The molecule has 2 aliphatic carbocycles. The number of hydrogen-bond donors (Lipinski definition) is 10. The standard InChI is InChI=1S/C41H42N2O19/c1-15-28(45)22(43-39(55)58-14-17-7-9-18(10-8-17)42-40(56)62-38-35(52)33(50)34(51)36(61-38)37(53)54)11-24(59-15)60-23-13-41(57,16(2)44)12-21-25(23)32(49)27-26(31(21)48)29(46)19-5-3-4-6-20(19)30(27)47/h3-10,15,22-24,28,33-36,38,45,48-52,57H,11-14H2,1-2H3,(H,42,56)(H,43,55)(H,53,54)/t15-,22-,23-,24-,28+,33-,34-,35+,36-,38-,41-/m0/s1. The number of carbonyl (C=O) groups excluding carboxylic acids is 5. The van der Waals surface area contributed by atoms with Gasteiger partial charge in [0.1, 0.15) is 48.1 Å². The number of amides is 2. The summed E-state index contributed by atoms with van der Waals surface area (Å²) in [4.78, 5) is 76.7. The zero-order valence-electron chi connectivity index (χ0n) is 32.8. The minimum Gasteiger partial charge on any atom is -0.507 e. The van der Waals surface area contributed by atoms with E-state index in [2.05, 4.69) is 10.6 Å². The molecular weight excluding hydrogens is 824 g/mol. The minimum absolute atomic E-state index is 0.00254. The van der Waals surface area contributed by atoms with E-state index in [0.29, 0.717) is 5.56 Å². The Morgan fingerprint density at radius 3 is 2.08 bits per heavy atom. The molecular formula is C41H42N2O19. The number of ether oxygens (including phenoxy) is 5. The number of rotatable bonds is 9. The van der Waals surface area contributed by atoms with Crippen molar-refractivity contribution in [2.45, 2.75) is 107 Å². The Labute approximate surface area is 350 Å². The van der Waals surface area contributed by atoms with Crippen LogP contribution >= 0.6 is 0 Å². The number of carboxylic acids is 1. The molecule has 2 aliphatic heterocycles. The number of aromatic hydroxyl groups is 2. The van der Waals surface area contributed by atoms with E-state index in [1.807, 2.05) is 0 Å². The molecule has 0 spiro atoms. The number of aliphatic hydroxyl groups excluding tert-OH is 4. The number of benzene rings is 3. The quantitative estimate of drug-likeness (QED) is 0.102. The molecule has 0 radical (unpaired) electrons. The van der Waals surface area contributed by atoms with Crippen LogP contribution in [0.25, 0.3) is 0 Å². The van der Waals surface area contributed by atoms with Gasteiger partial charge in [-0.25, -0.2) is 14.4 Å². The van der Waals surface area contributed by atoms with E-state index in [4.69, 9.17) is 28.8 Å². The number of carboxylic acid groups (broad SMARTS) is 1. The summed E-state index contributed by atoms with van der Waals surface area (Å²) in [6.07, 6.45) is -18.2. The van der Waals surface area contributed by atoms with Crippen molar-refractivity contribution in [2.24, 2.45) is 0 Å². The molecule has 3 aromatic rings. The number of hydrogen-bond acceptors (Lipinski definition) is 18. The van der Waals surface area contributed by atoms with Crippen molar-refractivity contribution in [3.8, 4) is 11.5 Å². The fourth-order valence-electron chi connectivity index (χ4n) is 7.96. The van der Waals surface area contributed by atoms with Crippen LogP contribution in [0.15, 0.2) is 48.5 Å². The first-order valence-electron chi connectivity index (χ1n) is 19.2. The third-order valence-corrected chi connectivity index (χ3v) is 11.4. The van der Waals surface area contributed by atoms with Gasteiger partial charge in [0.15, 0.2) is 29.7 Å². The molecule has 0 aromatic heterocycles. The molecule has 0 saturated carbocycles. The molecule has 330 valence electrons. The van der Waals surface area contributed by atoms with Gasteiger partial charge >= 0.3 is 18.2 Å². The SMILES string of the molecule is CC(=O)[C@]1(O)Cc2c(O)c3c(c(O)c2[C@@H](O[C@H]2C[C@H](NC(=O)OCc4ccc(NC(=O)O[C@@H]5O[C@H](C(=O)O)[C@@H](O)[C@H](O)[C@H]5O)cc4)[C@H](O)[C@H](C)O2)C1)C(=O)c1ccccc1C3=O. The normalized spacial score (nSPS) is 30.2. The van der Waals surface area contributed by atoms with Crippen molar-refractivity contribution in [1.29, 1.82) is 0 Å². The summed E-state index contributed by atoms with van der Waals surface area (Å²) >= 11 is 0. The summed E-state index contributed by atoms with van der Waals surface area (Å²) in [5.74, 6) is -5.25. The molecule has 10 N–H and O–H groups in total. The van der Waals surface area contributed by atoms with E-state index in [1.54, 1.807) is 0 Å². The molecule has 0 bridgehead atoms. The molecule has 3 aromatic carbocycles. The van der Waals surface area contributed by atoms with Crippen LogP contribution in [-0.2, 0) is 46.3 Å². The second kappa shape index (κ2) is 17.0. The van der Waals surface area contributed by atoms with Gasteiger partial charge in [0.25, 0.3) is 0 Å². The van der Waals surface area contributed by atoms with Crippen LogP contribution in [0.1, 0.15) is 81.3 Å².